The Balaban J connectivity index is 1.64. The van der Waals surface area contributed by atoms with E-state index in [9.17, 15) is 13.2 Å². The summed E-state index contributed by atoms with van der Waals surface area (Å²) in [6, 6.07) is 3.81. The number of anilines is 3. The van der Waals surface area contributed by atoms with Crippen molar-refractivity contribution in [1.82, 2.24) is 20.3 Å². The van der Waals surface area contributed by atoms with Crippen LogP contribution in [0.1, 0.15) is 49.3 Å². The number of halogens is 3. The maximum atomic E-state index is 13.0. The predicted molar refractivity (Wildman–Crippen MR) is 105 cm³/mol. The van der Waals surface area contributed by atoms with Crippen molar-refractivity contribution in [2.24, 2.45) is 0 Å². The van der Waals surface area contributed by atoms with Crippen LogP contribution in [0.25, 0.3) is 0 Å². The van der Waals surface area contributed by atoms with Crippen LogP contribution in [0.4, 0.5) is 30.8 Å². The van der Waals surface area contributed by atoms with E-state index in [-0.39, 0.29) is 11.7 Å². The van der Waals surface area contributed by atoms with Gasteiger partial charge in [0.25, 0.3) is 0 Å². The number of pyridine rings is 1. The lowest BCUT2D eigenvalue weighted by atomic mass is 9.96. The van der Waals surface area contributed by atoms with Gasteiger partial charge in [0.05, 0.1) is 11.3 Å². The molecule has 4 rings (SSSR count). The molecule has 0 radical (unpaired) electrons. The number of nitrogens with zero attached hydrogens (tertiary/aromatic N) is 4. The average Bonchev–Trinajstić information content (AvgIpc) is 2.74. The van der Waals surface area contributed by atoms with Crippen molar-refractivity contribution in [3.8, 4) is 0 Å². The molecule has 2 aliphatic rings. The first-order valence-corrected chi connectivity index (χ1v) is 10.1. The van der Waals surface area contributed by atoms with Gasteiger partial charge >= 0.3 is 6.18 Å². The van der Waals surface area contributed by atoms with E-state index in [4.69, 9.17) is 4.98 Å². The fourth-order valence-corrected chi connectivity index (χ4v) is 3.87. The highest BCUT2D eigenvalue weighted by atomic mass is 19.4. The van der Waals surface area contributed by atoms with E-state index in [2.05, 4.69) is 25.5 Å². The summed E-state index contributed by atoms with van der Waals surface area (Å²) in [5.41, 5.74) is 0.180. The fourth-order valence-electron chi connectivity index (χ4n) is 3.87. The van der Waals surface area contributed by atoms with Gasteiger partial charge in [-0.1, -0.05) is 0 Å². The number of piperidine rings is 2. The minimum absolute atomic E-state index is 0.121. The normalized spacial score (nSPS) is 20.5. The molecule has 29 heavy (non-hydrogen) atoms. The van der Waals surface area contributed by atoms with Crippen molar-refractivity contribution in [3.63, 3.8) is 0 Å². The number of hydrogen-bond donors (Lipinski definition) is 2. The van der Waals surface area contributed by atoms with Gasteiger partial charge in [-0.2, -0.15) is 18.2 Å². The Labute approximate surface area is 168 Å². The number of alkyl halides is 3. The molecule has 2 aromatic rings. The van der Waals surface area contributed by atoms with Gasteiger partial charge in [-0.15, -0.1) is 0 Å². The van der Waals surface area contributed by atoms with Crippen molar-refractivity contribution in [3.05, 3.63) is 35.7 Å². The Morgan fingerprint density at radius 1 is 1.03 bits per heavy atom. The zero-order valence-corrected chi connectivity index (χ0v) is 16.2. The second-order valence-electron chi connectivity index (χ2n) is 7.62. The van der Waals surface area contributed by atoms with Crippen LogP contribution < -0.4 is 15.5 Å². The van der Waals surface area contributed by atoms with Crippen molar-refractivity contribution < 1.29 is 13.2 Å². The molecule has 0 amide bonds. The molecule has 1 unspecified atom stereocenters. The molecule has 2 saturated heterocycles. The summed E-state index contributed by atoms with van der Waals surface area (Å²) >= 11 is 0. The molecule has 0 spiro atoms. The standard InChI is InChI=1S/C20H25F3N6/c21-20(22,23)15-6-8-25-17(11-15)27-18-12-16(14-5-4-7-24-13-14)26-19(28-18)29-9-2-1-3-10-29/h6,8,11-12,14,24H,1-5,7,9-10,13H2,(H,25,26,27,28). The first-order chi connectivity index (χ1) is 14.0. The van der Waals surface area contributed by atoms with Crippen LogP contribution in [0.15, 0.2) is 24.4 Å². The van der Waals surface area contributed by atoms with Gasteiger partial charge in [-0.3, -0.25) is 0 Å². The zero-order valence-electron chi connectivity index (χ0n) is 16.2. The summed E-state index contributed by atoms with van der Waals surface area (Å²) in [4.78, 5) is 15.6. The van der Waals surface area contributed by atoms with Crippen LogP contribution in [-0.4, -0.2) is 41.1 Å². The maximum absolute atomic E-state index is 13.0. The SMILES string of the molecule is FC(F)(F)c1ccnc(Nc2cc(C3CCCNC3)nc(N3CCCCC3)n2)c1. The lowest BCUT2D eigenvalue weighted by Crippen LogP contribution is -2.32. The van der Waals surface area contributed by atoms with Gasteiger partial charge in [-0.05, 0) is 50.8 Å². The molecular weight excluding hydrogens is 381 g/mol. The highest BCUT2D eigenvalue weighted by molar-refractivity contribution is 5.55. The van der Waals surface area contributed by atoms with Gasteiger partial charge in [0.15, 0.2) is 0 Å². The number of rotatable bonds is 4. The predicted octanol–water partition coefficient (Wildman–Crippen LogP) is 4.09. The number of aromatic nitrogens is 3. The second kappa shape index (κ2) is 8.52. The molecule has 4 heterocycles. The van der Waals surface area contributed by atoms with Gasteiger partial charge in [0.2, 0.25) is 5.95 Å². The van der Waals surface area contributed by atoms with E-state index >= 15 is 0 Å². The molecule has 0 bridgehead atoms. The Kier molecular flexibility index (Phi) is 5.84. The molecule has 1 atom stereocenters. The third-order valence-electron chi connectivity index (χ3n) is 5.43. The van der Waals surface area contributed by atoms with Gasteiger partial charge in [0.1, 0.15) is 11.6 Å². The molecule has 2 fully saturated rings. The van der Waals surface area contributed by atoms with E-state index in [1.54, 1.807) is 0 Å². The third kappa shape index (κ3) is 4.95. The van der Waals surface area contributed by atoms with Crippen LogP contribution in [0.2, 0.25) is 0 Å². The summed E-state index contributed by atoms with van der Waals surface area (Å²) in [7, 11) is 0. The highest BCUT2D eigenvalue weighted by Crippen LogP contribution is 2.31. The second-order valence-corrected chi connectivity index (χ2v) is 7.62. The summed E-state index contributed by atoms with van der Waals surface area (Å²) < 4.78 is 39.1. The quantitative estimate of drug-likeness (QED) is 0.797. The van der Waals surface area contributed by atoms with E-state index in [0.29, 0.717) is 11.8 Å². The average molecular weight is 406 g/mol. The Morgan fingerprint density at radius 3 is 2.59 bits per heavy atom. The molecule has 2 aliphatic heterocycles. The lowest BCUT2D eigenvalue weighted by molar-refractivity contribution is -0.137. The Hall–Kier alpha value is -2.42. The van der Waals surface area contributed by atoms with Crippen molar-refractivity contribution >= 4 is 17.6 Å². The van der Waals surface area contributed by atoms with E-state index in [1.165, 1.54) is 6.42 Å². The monoisotopic (exact) mass is 406 g/mol. The van der Waals surface area contributed by atoms with Crippen LogP contribution in [0, 0.1) is 0 Å². The minimum Gasteiger partial charge on any atom is -0.341 e. The van der Waals surface area contributed by atoms with E-state index < -0.39 is 11.7 Å². The number of nitrogens with one attached hydrogen (secondary N) is 2. The molecule has 0 aromatic carbocycles. The number of hydrogen-bond acceptors (Lipinski definition) is 6. The molecule has 9 heteroatoms. The molecule has 0 saturated carbocycles. The summed E-state index contributed by atoms with van der Waals surface area (Å²) in [5.74, 6) is 1.51. The Bertz CT molecular complexity index is 793. The third-order valence-corrected chi connectivity index (χ3v) is 5.43. The molecule has 0 aliphatic carbocycles. The summed E-state index contributed by atoms with van der Waals surface area (Å²) in [6.45, 7) is 3.64. The molecular formula is C20H25F3N6. The summed E-state index contributed by atoms with van der Waals surface area (Å²) in [5, 5.41) is 6.36. The van der Waals surface area contributed by atoms with Gasteiger partial charge in [-0.25, -0.2) is 9.97 Å². The van der Waals surface area contributed by atoms with Crippen LogP contribution in [0.3, 0.4) is 0 Å². The lowest BCUT2D eigenvalue weighted by Gasteiger charge is -2.29. The van der Waals surface area contributed by atoms with Crippen molar-refractivity contribution in [1.29, 1.82) is 0 Å². The molecule has 156 valence electrons. The minimum atomic E-state index is -4.41. The zero-order chi connectivity index (χ0) is 20.3. The molecule has 6 nitrogen and oxygen atoms in total. The highest BCUT2D eigenvalue weighted by Gasteiger charge is 2.31. The first-order valence-electron chi connectivity index (χ1n) is 10.1. The smallest absolute Gasteiger partial charge is 0.341 e. The van der Waals surface area contributed by atoms with Crippen LogP contribution in [-0.2, 0) is 6.18 Å². The van der Waals surface area contributed by atoms with E-state index in [0.717, 1.165) is 75.9 Å². The van der Waals surface area contributed by atoms with E-state index in [1.807, 2.05) is 6.07 Å². The largest absolute Gasteiger partial charge is 0.416 e. The topological polar surface area (TPSA) is 66.0 Å². The van der Waals surface area contributed by atoms with Crippen LogP contribution in [0.5, 0.6) is 0 Å². The molecule has 2 N–H and O–H groups in total. The van der Waals surface area contributed by atoms with Gasteiger partial charge < -0.3 is 15.5 Å². The first kappa shape index (κ1) is 19.9. The fraction of sp³-hybridized carbons (Fsp3) is 0.550. The molecule has 2 aromatic heterocycles. The Morgan fingerprint density at radius 2 is 1.86 bits per heavy atom. The summed E-state index contributed by atoms with van der Waals surface area (Å²) in [6.07, 6.45) is 2.23. The van der Waals surface area contributed by atoms with Crippen molar-refractivity contribution in [2.75, 3.05) is 36.4 Å². The van der Waals surface area contributed by atoms with Gasteiger partial charge in [0, 0.05) is 37.8 Å². The maximum Gasteiger partial charge on any atom is 0.416 e. The van der Waals surface area contributed by atoms with Crippen LogP contribution >= 0.6 is 0 Å². The van der Waals surface area contributed by atoms with Crippen molar-refractivity contribution in [2.45, 2.75) is 44.2 Å².